The zero-order valence-electron chi connectivity index (χ0n) is 16.3. The quantitative estimate of drug-likeness (QED) is 0.877. The van der Waals surface area contributed by atoms with Crippen molar-refractivity contribution < 1.29 is 9.59 Å². The molecule has 3 aliphatic rings. The third-order valence-electron chi connectivity index (χ3n) is 7.37. The van der Waals surface area contributed by atoms with Crippen LogP contribution in [0.25, 0.3) is 0 Å². The van der Waals surface area contributed by atoms with Crippen molar-refractivity contribution in [3.8, 4) is 0 Å². The molecule has 0 radical (unpaired) electrons. The molecule has 1 spiro atoms. The molecule has 3 unspecified atom stereocenters. The summed E-state index contributed by atoms with van der Waals surface area (Å²) in [6, 6.07) is 0. The number of likely N-dealkylation sites (tertiary alicyclic amines) is 1. The molecule has 1 aliphatic heterocycles. The molecule has 26 heavy (non-hydrogen) atoms. The molecule has 1 N–H and O–H groups in total. The van der Waals surface area contributed by atoms with Crippen molar-refractivity contribution in [2.45, 2.75) is 52.0 Å². The average Bonchev–Trinajstić information content (AvgIpc) is 3.43. The number of nitrogens with zero attached hydrogens (tertiary/aromatic N) is 3. The van der Waals surface area contributed by atoms with Crippen LogP contribution in [-0.4, -0.2) is 44.9 Å². The Labute approximate surface area is 155 Å². The minimum atomic E-state index is -0.0488. The molecule has 1 aromatic heterocycles. The Kier molecular flexibility index (Phi) is 3.93. The van der Waals surface area contributed by atoms with E-state index < -0.39 is 0 Å². The van der Waals surface area contributed by atoms with Crippen molar-refractivity contribution >= 4 is 11.8 Å². The fourth-order valence-corrected chi connectivity index (χ4v) is 4.82. The number of carbonyl (C=O) groups is 2. The minimum Gasteiger partial charge on any atom is -0.355 e. The molecular weight excluding hydrogens is 328 g/mol. The van der Waals surface area contributed by atoms with Gasteiger partial charge in [0.15, 0.2) is 0 Å². The number of rotatable bonds is 5. The van der Waals surface area contributed by atoms with Crippen LogP contribution < -0.4 is 5.32 Å². The van der Waals surface area contributed by atoms with Gasteiger partial charge in [-0.25, -0.2) is 4.98 Å². The van der Waals surface area contributed by atoms with Crippen molar-refractivity contribution in [1.82, 2.24) is 19.8 Å². The molecule has 1 saturated heterocycles. The number of aryl methyl sites for hydroxylation is 1. The second-order valence-corrected chi connectivity index (χ2v) is 9.13. The van der Waals surface area contributed by atoms with Crippen LogP contribution >= 0.6 is 0 Å². The molecule has 2 aliphatic carbocycles. The summed E-state index contributed by atoms with van der Waals surface area (Å²) in [5, 5.41) is 3.20. The second-order valence-electron chi connectivity index (χ2n) is 9.13. The maximum Gasteiger partial charge on any atom is 0.274 e. The lowest BCUT2D eigenvalue weighted by Gasteiger charge is -2.28. The van der Waals surface area contributed by atoms with Crippen LogP contribution in [-0.2, 0) is 11.8 Å². The topological polar surface area (TPSA) is 67.2 Å². The van der Waals surface area contributed by atoms with Crippen molar-refractivity contribution in [2.75, 3.05) is 13.1 Å². The Hall–Kier alpha value is -1.85. The first-order valence-corrected chi connectivity index (χ1v) is 9.85. The number of aromatic nitrogens is 2. The normalized spacial score (nSPS) is 31.5. The number of nitrogens with one attached hydrogen (secondary N) is 1. The predicted molar refractivity (Wildman–Crippen MR) is 98.4 cm³/mol. The van der Waals surface area contributed by atoms with E-state index in [0.717, 1.165) is 32.2 Å². The van der Waals surface area contributed by atoms with Crippen molar-refractivity contribution in [1.29, 1.82) is 0 Å². The Morgan fingerprint density at radius 2 is 2.12 bits per heavy atom. The standard InChI is InChI=1S/C20H30N4O2/c1-13(2)19(3)9-15(19)17(25)21-10-14-5-8-24(20(14)6-7-20)18(26)16-11-23(4)12-22-16/h11-15H,5-10H2,1-4H3,(H,21,25). The predicted octanol–water partition coefficient (Wildman–Crippen LogP) is 2.21. The summed E-state index contributed by atoms with van der Waals surface area (Å²) in [6.45, 7) is 8.07. The van der Waals surface area contributed by atoms with Gasteiger partial charge in [0.2, 0.25) is 5.91 Å². The SMILES string of the molecule is CC(C)C1(C)CC1C(=O)NCC1CCN(C(=O)c2cn(C)cn2)C12CC2. The van der Waals surface area contributed by atoms with Gasteiger partial charge >= 0.3 is 0 Å². The molecule has 2 heterocycles. The van der Waals surface area contributed by atoms with Gasteiger partial charge in [-0.2, -0.15) is 0 Å². The maximum absolute atomic E-state index is 12.8. The summed E-state index contributed by atoms with van der Waals surface area (Å²) in [6.07, 6.45) is 7.50. The molecule has 1 aromatic rings. The van der Waals surface area contributed by atoms with Gasteiger partial charge in [-0.3, -0.25) is 9.59 Å². The molecule has 2 amide bonds. The third kappa shape index (κ3) is 2.65. The van der Waals surface area contributed by atoms with E-state index in [9.17, 15) is 9.59 Å². The van der Waals surface area contributed by atoms with Crippen LogP contribution in [0.15, 0.2) is 12.5 Å². The van der Waals surface area contributed by atoms with Gasteiger partial charge in [0.05, 0.1) is 6.33 Å². The Balaban J connectivity index is 1.36. The first-order valence-electron chi connectivity index (χ1n) is 9.85. The Bertz CT molecular complexity index is 736. The highest BCUT2D eigenvalue weighted by molar-refractivity contribution is 5.93. The number of amides is 2. The highest BCUT2D eigenvalue weighted by Crippen LogP contribution is 2.57. The summed E-state index contributed by atoms with van der Waals surface area (Å²) >= 11 is 0. The zero-order valence-corrected chi connectivity index (χ0v) is 16.3. The lowest BCUT2D eigenvalue weighted by atomic mass is 9.91. The number of carbonyl (C=O) groups excluding carboxylic acids is 2. The second kappa shape index (κ2) is 5.83. The van der Waals surface area contributed by atoms with Crippen molar-refractivity contribution in [2.24, 2.45) is 30.2 Å². The molecule has 0 bridgehead atoms. The monoisotopic (exact) mass is 358 g/mol. The van der Waals surface area contributed by atoms with E-state index >= 15 is 0 Å². The Morgan fingerprint density at radius 3 is 2.65 bits per heavy atom. The molecule has 3 atom stereocenters. The van der Waals surface area contributed by atoms with Crippen LogP contribution in [0, 0.1) is 23.2 Å². The van der Waals surface area contributed by atoms with E-state index in [1.807, 2.05) is 16.5 Å². The van der Waals surface area contributed by atoms with Gasteiger partial charge in [-0.1, -0.05) is 20.8 Å². The van der Waals surface area contributed by atoms with Crippen LogP contribution in [0.2, 0.25) is 0 Å². The first-order chi connectivity index (χ1) is 12.3. The maximum atomic E-state index is 12.8. The van der Waals surface area contributed by atoms with Crippen molar-refractivity contribution in [3.63, 3.8) is 0 Å². The van der Waals surface area contributed by atoms with Crippen molar-refractivity contribution in [3.05, 3.63) is 18.2 Å². The molecule has 6 nitrogen and oxygen atoms in total. The van der Waals surface area contributed by atoms with Gasteiger partial charge < -0.3 is 14.8 Å². The van der Waals surface area contributed by atoms with E-state index in [4.69, 9.17) is 0 Å². The zero-order chi connectivity index (χ0) is 18.7. The lowest BCUT2D eigenvalue weighted by Crippen LogP contribution is -2.43. The smallest absolute Gasteiger partial charge is 0.274 e. The van der Waals surface area contributed by atoms with Gasteiger partial charge in [0, 0.05) is 43.7 Å². The number of hydrogen-bond acceptors (Lipinski definition) is 3. The molecule has 3 fully saturated rings. The molecule has 142 valence electrons. The largest absolute Gasteiger partial charge is 0.355 e. The van der Waals surface area contributed by atoms with E-state index in [2.05, 4.69) is 31.1 Å². The summed E-state index contributed by atoms with van der Waals surface area (Å²) in [4.78, 5) is 31.6. The summed E-state index contributed by atoms with van der Waals surface area (Å²) < 4.78 is 1.81. The summed E-state index contributed by atoms with van der Waals surface area (Å²) in [7, 11) is 1.88. The molecule has 4 rings (SSSR count). The average molecular weight is 358 g/mol. The third-order valence-corrected chi connectivity index (χ3v) is 7.37. The van der Waals surface area contributed by atoms with Crippen LogP contribution in [0.4, 0.5) is 0 Å². The van der Waals surface area contributed by atoms with Gasteiger partial charge in [0.1, 0.15) is 5.69 Å². The minimum absolute atomic E-state index is 0.0338. The molecule has 0 aromatic carbocycles. The number of hydrogen-bond donors (Lipinski definition) is 1. The van der Waals surface area contributed by atoms with Crippen LogP contribution in [0.5, 0.6) is 0 Å². The van der Waals surface area contributed by atoms with Gasteiger partial charge in [-0.15, -0.1) is 0 Å². The van der Waals surface area contributed by atoms with E-state index in [1.165, 1.54) is 0 Å². The highest BCUT2D eigenvalue weighted by Gasteiger charge is 2.60. The number of imidazole rings is 1. The molecular formula is C20H30N4O2. The molecule has 6 heteroatoms. The summed E-state index contributed by atoms with van der Waals surface area (Å²) in [5.41, 5.74) is 0.638. The highest BCUT2D eigenvalue weighted by atomic mass is 16.2. The fourth-order valence-electron chi connectivity index (χ4n) is 4.82. The Morgan fingerprint density at radius 1 is 1.38 bits per heavy atom. The summed E-state index contributed by atoms with van der Waals surface area (Å²) in [5.74, 6) is 1.29. The lowest BCUT2D eigenvalue weighted by molar-refractivity contribution is -0.123. The molecule has 2 saturated carbocycles. The van der Waals surface area contributed by atoms with E-state index in [0.29, 0.717) is 24.1 Å². The van der Waals surface area contributed by atoms with Gasteiger partial charge in [0.25, 0.3) is 5.91 Å². The van der Waals surface area contributed by atoms with Crippen LogP contribution in [0.3, 0.4) is 0 Å². The first kappa shape index (κ1) is 17.6. The van der Waals surface area contributed by atoms with Gasteiger partial charge in [-0.05, 0) is 37.0 Å². The fraction of sp³-hybridized carbons (Fsp3) is 0.750. The van der Waals surface area contributed by atoms with E-state index in [1.54, 1.807) is 12.5 Å². The van der Waals surface area contributed by atoms with E-state index in [-0.39, 0.29) is 28.7 Å². The van der Waals surface area contributed by atoms with Crippen LogP contribution in [0.1, 0.15) is 56.9 Å².